The molecule has 1 aliphatic rings. The van der Waals surface area contributed by atoms with E-state index in [0.29, 0.717) is 11.6 Å². The van der Waals surface area contributed by atoms with Crippen molar-refractivity contribution in [2.75, 3.05) is 13.1 Å². The fourth-order valence-electron chi connectivity index (χ4n) is 2.17. The van der Waals surface area contributed by atoms with E-state index in [-0.39, 0.29) is 5.56 Å². The Labute approximate surface area is 91.7 Å². The van der Waals surface area contributed by atoms with E-state index in [1.165, 1.54) is 6.07 Å². The predicted octanol–water partition coefficient (Wildman–Crippen LogP) is -0.115. The van der Waals surface area contributed by atoms with E-state index in [9.17, 15) is 4.79 Å². The molecule has 3 rings (SSSR count). The molecule has 84 valence electrons. The summed E-state index contributed by atoms with van der Waals surface area (Å²) >= 11 is 0. The molecule has 6 heteroatoms. The molecule has 1 fully saturated rings. The van der Waals surface area contributed by atoms with Gasteiger partial charge in [0.25, 0.3) is 5.56 Å². The van der Waals surface area contributed by atoms with Crippen molar-refractivity contribution >= 4 is 5.65 Å². The maximum absolute atomic E-state index is 11.3. The number of nitrogens with zero attached hydrogens (tertiary/aromatic N) is 3. The van der Waals surface area contributed by atoms with Gasteiger partial charge in [0.1, 0.15) is 0 Å². The monoisotopic (exact) mass is 219 g/mol. The van der Waals surface area contributed by atoms with Crippen LogP contribution in [0.25, 0.3) is 5.65 Å². The van der Waals surface area contributed by atoms with Crippen molar-refractivity contribution in [3.63, 3.8) is 0 Å². The molecule has 6 nitrogen and oxygen atoms in total. The minimum atomic E-state index is -0.127. The number of rotatable bonds is 1. The molecule has 0 bridgehead atoms. The summed E-state index contributed by atoms with van der Waals surface area (Å²) in [5.74, 6) is 1.18. The zero-order valence-electron chi connectivity index (χ0n) is 8.81. The molecule has 3 heterocycles. The lowest BCUT2D eigenvalue weighted by Gasteiger charge is -2.20. The molecule has 1 saturated heterocycles. The van der Waals surface area contributed by atoms with Crippen molar-refractivity contribution in [1.82, 2.24) is 25.1 Å². The fraction of sp³-hybridized carbons (Fsp3) is 0.500. The van der Waals surface area contributed by atoms with Gasteiger partial charge in [-0.15, -0.1) is 10.2 Å². The first-order valence-electron chi connectivity index (χ1n) is 5.50. The lowest BCUT2D eigenvalue weighted by atomic mass is 9.99. The highest BCUT2D eigenvalue weighted by atomic mass is 16.1. The van der Waals surface area contributed by atoms with E-state index >= 15 is 0 Å². The van der Waals surface area contributed by atoms with Gasteiger partial charge in [-0.3, -0.25) is 9.89 Å². The van der Waals surface area contributed by atoms with E-state index in [1.807, 2.05) is 0 Å². The molecule has 16 heavy (non-hydrogen) atoms. The summed E-state index contributed by atoms with van der Waals surface area (Å²) in [5.41, 5.74) is 0.567. The van der Waals surface area contributed by atoms with Crippen LogP contribution in [0.2, 0.25) is 0 Å². The number of nitrogens with one attached hydrogen (secondary N) is 2. The van der Waals surface area contributed by atoms with Crippen molar-refractivity contribution in [2.45, 2.75) is 18.8 Å². The average molecular weight is 219 g/mol. The quantitative estimate of drug-likeness (QED) is 0.701. The van der Waals surface area contributed by atoms with E-state index in [2.05, 4.69) is 20.6 Å². The van der Waals surface area contributed by atoms with E-state index in [0.717, 1.165) is 31.8 Å². The Hall–Kier alpha value is -1.69. The second-order valence-corrected chi connectivity index (χ2v) is 4.10. The Bertz CT molecular complexity index is 552. The zero-order chi connectivity index (χ0) is 11.0. The lowest BCUT2D eigenvalue weighted by molar-refractivity contribution is 0.440. The summed E-state index contributed by atoms with van der Waals surface area (Å²) in [5, 5.41) is 14.3. The van der Waals surface area contributed by atoms with Crippen LogP contribution in [-0.4, -0.2) is 32.9 Å². The topological polar surface area (TPSA) is 75.1 Å². The fourth-order valence-corrected chi connectivity index (χ4v) is 2.17. The van der Waals surface area contributed by atoms with Crippen molar-refractivity contribution in [1.29, 1.82) is 0 Å². The predicted molar refractivity (Wildman–Crippen MR) is 58.5 cm³/mol. The van der Waals surface area contributed by atoms with Crippen LogP contribution in [0.3, 0.4) is 0 Å². The highest BCUT2D eigenvalue weighted by Crippen LogP contribution is 2.20. The standard InChI is InChI=1S/C10H13N5O/c16-9-4-3-8-12-13-10(15(8)14-9)7-2-1-5-11-6-7/h3-4,7,11H,1-2,5-6H2,(H,14,16). The van der Waals surface area contributed by atoms with Crippen molar-refractivity contribution in [3.05, 3.63) is 28.3 Å². The van der Waals surface area contributed by atoms with E-state index in [1.54, 1.807) is 10.6 Å². The number of aromatic nitrogens is 4. The smallest absolute Gasteiger partial charge is 0.263 e. The molecule has 2 N–H and O–H groups in total. The van der Waals surface area contributed by atoms with Gasteiger partial charge in [-0.05, 0) is 25.5 Å². The molecule has 1 atom stereocenters. The SMILES string of the molecule is O=c1ccc2nnc(C3CCCNC3)n2[nH]1. The number of piperidine rings is 1. The summed E-state index contributed by atoms with van der Waals surface area (Å²) in [6, 6.07) is 3.15. The number of hydrogen-bond donors (Lipinski definition) is 2. The normalized spacial score (nSPS) is 21.4. The summed E-state index contributed by atoms with van der Waals surface area (Å²) in [7, 11) is 0. The van der Waals surface area contributed by atoms with Crippen LogP contribution in [-0.2, 0) is 0 Å². The highest BCUT2D eigenvalue weighted by Gasteiger charge is 2.20. The third kappa shape index (κ3) is 1.51. The Kier molecular flexibility index (Phi) is 2.21. The molecule has 0 radical (unpaired) electrons. The van der Waals surface area contributed by atoms with Gasteiger partial charge in [0.15, 0.2) is 11.5 Å². The second kappa shape index (κ2) is 3.71. The molecular formula is C10H13N5O. The Balaban J connectivity index is 2.08. The molecular weight excluding hydrogens is 206 g/mol. The number of fused-ring (bicyclic) bond motifs is 1. The molecule has 0 amide bonds. The van der Waals surface area contributed by atoms with Gasteiger partial charge in [0, 0.05) is 18.5 Å². The van der Waals surface area contributed by atoms with Gasteiger partial charge < -0.3 is 5.32 Å². The van der Waals surface area contributed by atoms with Crippen LogP contribution in [0.4, 0.5) is 0 Å². The highest BCUT2D eigenvalue weighted by molar-refractivity contribution is 5.35. The van der Waals surface area contributed by atoms with Crippen LogP contribution < -0.4 is 10.9 Å². The first-order chi connectivity index (χ1) is 7.84. The van der Waals surface area contributed by atoms with Gasteiger partial charge >= 0.3 is 0 Å². The number of hydrogen-bond acceptors (Lipinski definition) is 4. The van der Waals surface area contributed by atoms with E-state index in [4.69, 9.17) is 0 Å². The molecule has 0 aromatic carbocycles. The van der Waals surface area contributed by atoms with Gasteiger partial charge in [-0.2, -0.15) is 0 Å². The second-order valence-electron chi connectivity index (χ2n) is 4.10. The molecule has 0 aliphatic carbocycles. The third-order valence-corrected chi connectivity index (χ3v) is 2.98. The Morgan fingerprint density at radius 2 is 2.31 bits per heavy atom. The first-order valence-corrected chi connectivity index (χ1v) is 5.50. The van der Waals surface area contributed by atoms with Crippen molar-refractivity contribution in [2.24, 2.45) is 0 Å². The van der Waals surface area contributed by atoms with Crippen LogP contribution in [0.5, 0.6) is 0 Å². The minimum Gasteiger partial charge on any atom is -0.316 e. The van der Waals surface area contributed by atoms with Gasteiger partial charge in [0.05, 0.1) is 0 Å². The van der Waals surface area contributed by atoms with Crippen molar-refractivity contribution < 1.29 is 0 Å². The zero-order valence-corrected chi connectivity index (χ0v) is 8.81. The summed E-state index contributed by atoms with van der Waals surface area (Å²) in [4.78, 5) is 11.3. The van der Waals surface area contributed by atoms with Gasteiger partial charge in [0.2, 0.25) is 0 Å². The molecule has 1 aliphatic heterocycles. The molecule has 0 saturated carbocycles. The molecule has 2 aromatic rings. The Morgan fingerprint density at radius 3 is 3.12 bits per heavy atom. The molecule has 1 unspecified atom stereocenters. The average Bonchev–Trinajstić information content (AvgIpc) is 2.73. The maximum Gasteiger partial charge on any atom is 0.263 e. The van der Waals surface area contributed by atoms with Crippen LogP contribution >= 0.6 is 0 Å². The van der Waals surface area contributed by atoms with Crippen molar-refractivity contribution in [3.8, 4) is 0 Å². The first kappa shape index (κ1) is 9.53. The van der Waals surface area contributed by atoms with Crippen LogP contribution in [0.15, 0.2) is 16.9 Å². The molecule has 0 spiro atoms. The summed E-state index contributed by atoms with van der Waals surface area (Å²) in [6.45, 7) is 1.96. The van der Waals surface area contributed by atoms with Crippen LogP contribution in [0, 0.1) is 0 Å². The number of H-pyrrole nitrogens is 1. The number of aromatic amines is 1. The minimum absolute atomic E-state index is 0.127. The van der Waals surface area contributed by atoms with Gasteiger partial charge in [-0.1, -0.05) is 0 Å². The maximum atomic E-state index is 11.3. The Morgan fingerprint density at radius 1 is 1.38 bits per heavy atom. The summed E-state index contributed by atoms with van der Waals surface area (Å²) < 4.78 is 1.69. The van der Waals surface area contributed by atoms with Crippen LogP contribution in [0.1, 0.15) is 24.6 Å². The third-order valence-electron chi connectivity index (χ3n) is 2.98. The lowest BCUT2D eigenvalue weighted by Crippen LogP contribution is -2.30. The summed E-state index contributed by atoms with van der Waals surface area (Å²) in [6.07, 6.45) is 2.22. The van der Waals surface area contributed by atoms with Gasteiger partial charge in [-0.25, -0.2) is 4.52 Å². The molecule has 2 aromatic heterocycles. The largest absolute Gasteiger partial charge is 0.316 e. The van der Waals surface area contributed by atoms with E-state index < -0.39 is 0 Å².